The maximum absolute atomic E-state index is 11.4. The molecule has 0 unspecified atom stereocenters. The van der Waals surface area contributed by atoms with Crippen molar-refractivity contribution >= 4 is 23.4 Å². The van der Waals surface area contributed by atoms with Gasteiger partial charge in [0.25, 0.3) is 5.91 Å². The summed E-state index contributed by atoms with van der Waals surface area (Å²) in [6.07, 6.45) is 2.62. The van der Waals surface area contributed by atoms with Gasteiger partial charge in [-0.1, -0.05) is 4.49 Å². The summed E-state index contributed by atoms with van der Waals surface area (Å²) < 4.78 is 3.55. The quantitative estimate of drug-likeness (QED) is 0.762. The van der Waals surface area contributed by atoms with Gasteiger partial charge in [-0.05, 0) is 24.4 Å². The summed E-state index contributed by atoms with van der Waals surface area (Å²) in [4.78, 5) is 22.6. The number of carbonyl (C=O) groups excluding carboxylic acids is 1. The number of carboxylic acids is 1. The van der Waals surface area contributed by atoms with Gasteiger partial charge in [0, 0.05) is 6.54 Å². The van der Waals surface area contributed by atoms with Gasteiger partial charge in [0.05, 0.1) is 11.6 Å². The Labute approximate surface area is 89.5 Å². The molecule has 7 heteroatoms. The van der Waals surface area contributed by atoms with E-state index in [1.165, 1.54) is 6.20 Å². The largest absolute Gasteiger partial charge is 0.481 e. The Kier molecular flexibility index (Phi) is 2.39. The van der Waals surface area contributed by atoms with Crippen LogP contribution in [0.25, 0.3) is 0 Å². The molecule has 1 aliphatic carbocycles. The van der Waals surface area contributed by atoms with E-state index in [4.69, 9.17) is 5.11 Å². The van der Waals surface area contributed by atoms with Gasteiger partial charge >= 0.3 is 5.97 Å². The highest BCUT2D eigenvalue weighted by Gasteiger charge is 2.50. The zero-order chi connectivity index (χ0) is 10.9. The van der Waals surface area contributed by atoms with Gasteiger partial charge in [0.2, 0.25) is 0 Å². The molecule has 0 bridgehead atoms. The van der Waals surface area contributed by atoms with Gasteiger partial charge < -0.3 is 10.4 Å². The summed E-state index contributed by atoms with van der Waals surface area (Å²) in [7, 11) is 0. The minimum Gasteiger partial charge on any atom is -0.481 e. The Morgan fingerprint density at radius 3 is 2.80 bits per heavy atom. The Balaban J connectivity index is 1.89. The fourth-order valence-corrected chi connectivity index (χ4v) is 1.65. The molecule has 1 aliphatic rings. The first kappa shape index (κ1) is 10.0. The third-order valence-electron chi connectivity index (χ3n) is 2.48. The van der Waals surface area contributed by atoms with E-state index >= 15 is 0 Å². The van der Waals surface area contributed by atoms with Gasteiger partial charge in [-0.15, -0.1) is 5.10 Å². The number of rotatable bonds is 4. The minimum atomic E-state index is -0.842. The molecular weight excluding hydrogens is 218 g/mol. The van der Waals surface area contributed by atoms with Crippen LogP contribution >= 0.6 is 11.5 Å². The first-order chi connectivity index (χ1) is 7.14. The molecule has 6 nitrogen and oxygen atoms in total. The third-order valence-corrected chi connectivity index (χ3v) is 3.14. The smallest absolute Gasteiger partial charge is 0.311 e. The second kappa shape index (κ2) is 3.58. The summed E-state index contributed by atoms with van der Waals surface area (Å²) in [6, 6.07) is 0. The number of aliphatic carboxylic acids is 1. The second-order valence-corrected chi connectivity index (χ2v) is 4.34. The predicted octanol–water partition coefficient (Wildman–Crippen LogP) is 0.133. The van der Waals surface area contributed by atoms with Crippen molar-refractivity contribution in [3.63, 3.8) is 0 Å². The minimum absolute atomic E-state index is 0.180. The third kappa shape index (κ3) is 1.96. The molecule has 1 amide bonds. The van der Waals surface area contributed by atoms with E-state index in [0.29, 0.717) is 17.7 Å². The molecule has 0 aromatic carbocycles. The molecule has 15 heavy (non-hydrogen) atoms. The van der Waals surface area contributed by atoms with E-state index < -0.39 is 11.4 Å². The molecule has 0 radical (unpaired) electrons. The molecule has 0 atom stereocenters. The molecule has 80 valence electrons. The van der Waals surface area contributed by atoms with Gasteiger partial charge in [-0.2, -0.15) is 0 Å². The van der Waals surface area contributed by atoms with E-state index in [1.54, 1.807) is 0 Å². The van der Waals surface area contributed by atoms with Crippen molar-refractivity contribution in [2.75, 3.05) is 6.54 Å². The summed E-state index contributed by atoms with van der Waals surface area (Å²) >= 11 is 0.990. The number of nitrogens with one attached hydrogen (secondary N) is 1. The SMILES string of the molecule is O=C(NCC1(C(=O)O)CC1)c1cnns1. The highest BCUT2D eigenvalue weighted by Crippen LogP contribution is 2.45. The Bertz CT molecular complexity index is 386. The van der Waals surface area contributed by atoms with Crippen molar-refractivity contribution in [1.82, 2.24) is 14.9 Å². The maximum Gasteiger partial charge on any atom is 0.311 e. The van der Waals surface area contributed by atoms with Crippen molar-refractivity contribution in [1.29, 1.82) is 0 Å². The van der Waals surface area contributed by atoms with Crippen LogP contribution < -0.4 is 5.32 Å². The van der Waals surface area contributed by atoms with Crippen LogP contribution in [0.15, 0.2) is 6.20 Å². The zero-order valence-corrected chi connectivity index (χ0v) is 8.58. The van der Waals surface area contributed by atoms with E-state index in [0.717, 1.165) is 11.5 Å². The highest BCUT2D eigenvalue weighted by molar-refractivity contribution is 7.07. The van der Waals surface area contributed by atoms with Crippen LogP contribution in [0, 0.1) is 5.41 Å². The molecule has 0 spiro atoms. The molecule has 0 aliphatic heterocycles. The maximum atomic E-state index is 11.4. The standard InChI is InChI=1S/C8H9N3O3S/c12-6(5-3-10-11-15-5)9-4-8(1-2-8)7(13)14/h3H,1-2,4H2,(H,9,12)(H,13,14). The fourth-order valence-electron chi connectivity index (χ4n) is 1.22. The van der Waals surface area contributed by atoms with Gasteiger partial charge in [0.15, 0.2) is 0 Å². The van der Waals surface area contributed by atoms with Gasteiger partial charge in [-0.3, -0.25) is 9.59 Å². The summed E-state index contributed by atoms with van der Waals surface area (Å²) in [5, 5.41) is 15.0. The topological polar surface area (TPSA) is 92.2 Å². The predicted molar refractivity (Wildman–Crippen MR) is 51.5 cm³/mol. The molecule has 0 saturated heterocycles. The number of amides is 1. The monoisotopic (exact) mass is 227 g/mol. The number of hydrogen-bond acceptors (Lipinski definition) is 5. The molecule has 2 rings (SSSR count). The molecule has 1 saturated carbocycles. The zero-order valence-electron chi connectivity index (χ0n) is 7.77. The fraction of sp³-hybridized carbons (Fsp3) is 0.500. The molecule has 1 aromatic rings. The van der Waals surface area contributed by atoms with Crippen molar-refractivity contribution in [3.05, 3.63) is 11.1 Å². The first-order valence-electron chi connectivity index (χ1n) is 4.43. The Morgan fingerprint density at radius 1 is 1.60 bits per heavy atom. The van der Waals surface area contributed by atoms with Gasteiger partial charge in [-0.25, -0.2) is 0 Å². The summed E-state index contributed by atoms with van der Waals surface area (Å²) in [6.45, 7) is 0.180. The molecule has 2 N–H and O–H groups in total. The number of hydrogen-bond donors (Lipinski definition) is 2. The number of nitrogens with zero attached hydrogens (tertiary/aromatic N) is 2. The van der Waals surface area contributed by atoms with Crippen LogP contribution in [-0.4, -0.2) is 33.1 Å². The second-order valence-electron chi connectivity index (χ2n) is 3.55. The normalized spacial score (nSPS) is 17.1. The molecule has 1 fully saturated rings. The average Bonchev–Trinajstić information content (AvgIpc) is 2.80. The highest BCUT2D eigenvalue weighted by atomic mass is 32.1. The van der Waals surface area contributed by atoms with Crippen LogP contribution in [0.3, 0.4) is 0 Å². The summed E-state index contributed by atoms with van der Waals surface area (Å²) in [5.74, 6) is -1.15. The molecule has 1 aromatic heterocycles. The molecule has 1 heterocycles. The van der Waals surface area contributed by atoms with Crippen LogP contribution in [0.5, 0.6) is 0 Å². The van der Waals surface area contributed by atoms with Crippen LogP contribution in [-0.2, 0) is 4.79 Å². The van der Waals surface area contributed by atoms with Crippen LogP contribution in [0.1, 0.15) is 22.5 Å². The lowest BCUT2D eigenvalue weighted by Crippen LogP contribution is -2.33. The van der Waals surface area contributed by atoms with Crippen molar-refractivity contribution in [2.45, 2.75) is 12.8 Å². The van der Waals surface area contributed by atoms with E-state index in [-0.39, 0.29) is 12.5 Å². The van der Waals surface area contributed by atoms with E-state index in [2.05, 4.69) is 14.9 Å². The van der Waals surface area contributed by atoms with Gasteiger partial charge in [0.1, 0.15) is 4.88 Å². The van der Waals surface area contributed by atoms with Crippen molar-refractivity contribution in [3.8, 4) is 0 Å². The first-order valence-corrected chi connectivity index (χ1v) is 5.20. The summed E-state index contributed by atoms with van der Waals surface area (Å²) in [5.41, 5.74) is -0.728. The van der Waals surface area contributed by atoms with E-state index in [9.17, 15) is 9.59 Å². The lowest BCUT2D eigenvalue weighted by atomic mass is 10.1. The average molecular weight is 227 g/mol. The van der Waals surface area contributed by atoms with Crippen LogP contribution in [0.4, 0.5) is 0 Å². The number of aromatic nitrogens is 2. The van der Waals surface area contributed by atoms with E-state index in [1.807, 2.05) is 0 Å². The molecular formula is C8H9N3O3S. The number of carbonyl (C=O) groups is 2. The van der Waals surface area contributed by atoms with Crippen molar-refractivity contribution < 1.29 is 14.7 Å². The Morgan fingerprint density at radius 2 is 2.33 bits per heavy atom. The van der Waals surface area contributed by atoms with Crippen molar-refractivity contribution in [2.24, 2.45) is 5.41 Å². The van der Waals surface area contributed by atoms with Crippen LogP contribution in [0.2, 0.25) is 0 Å². The lowest BCUT2D eigenvalue weighted by molar-refractivity contribution is -0.143. The Hall–Kier alpha value is -1.50. The lowest BCUT2D eigenvalue weighted by Gasteiger charge is -2.09. The number of carboxylic acid groups (broad SMARTS) is 1.